The second-order valence-electron chi connectivity index (χ2n) is 5.06. The van der Waals surface area contributed by atoms with Gasteiger partial charge in [0.15, 0.2) is 5.96 Å². The molecule has 5 nitrogen and oxygen atoms in total. The molecule has 2 N–H and O–H groups in total. The van der Waals surface area contributed by atoms with E-state index in [0.717, 1.165) is 37.6 Å². The van der Waals surface area contributed by atoms with E-state index in [-0.39, 0.29) is 24.0 Å². The molecule has 1 aliphatic heterocycles. The maximum atomic E-state index is 6.00. The Kier molecular flexibility index (Phi) is 7.77. The minimum Gasteiger partial charge on any atom is -0.370 e. The van der Waals surface area contributed by atoms with Crippen molar-refractivity contribution in [1.82, 2.24) is 9.88 Å². The summed E-state index contributed by atoms with van der Waals surface area (Å²) in [6.45, 7) is 8.80. The van der Waals surface area contributed by atoms with Gasteiger partial charge < -0.3 is 15.5 Å². The Bertz CT molecular complexity index is 453. The number of halogens is 1. The third-order valence-electron chi connectivity index (χ3n) is 3.75. The first-order chi connectivity index (χ1) is 9.74. The van der Waals surface area contributed by atoms with Crippen LogP contribution in [0.3, 0.4) is 0 Å². The van der Waals surface area contributed by atoms with Gasteiger partial charge in [-0.2, -0.15) is 0 Å². The molecule has 2 heterocycles. The van der Waals surface area contributed by atoms with E-state index in [1.165, 1.54) is 12.8 Å². The van der Waals surface area contributed by atoms with E-state index in [9.17, 15) is 0 Å². The first kappa shape index (κ1) is 18.0. The van der Waals surface area contributed by atoms with Crippen LogP contribution in [0, 0.1) is 0 Å². The van der Waals surface area contributed by atoms with Gasteiger partial charge in [-0.05, 0) is 44.4 Å². The lowest BCUT2D eigenvalue weighted by Crippen LogP contribution is -2.37. The molecular formula is C15H26IN5. The molecule has 0 spiro atoms. The molecule has 0 aliphatic carbocycles. The van der Waals surface area contributed by atoms with Gasteiger partial charge in [0, 0.05) is 32.4 Å². The number of hydrogen-bond acceptors (Lipinski definition) is 3. The van der Waals surface area contributed by atoms with Crippen LogP contribution in [0.25, 0.3) is 0 Å². The van der Waals surface area contributed by atoms with E-state index in [0.29, 0.717) is 12.5 Å². The first-order valence-electron chi connectivity index (χ1n) is 7.49. The Balaban J connectivity index is 0.00000220. The van der Waals surface area contributed by atoms with Crippen molar-refractivity contribution in [2.75, 3.05) is 31.1 Å². The molecule has 0 atom stereocenters. The Morgan fingerprint density at radius 1 is 1.33 bits per heavy atom. The lowest BCUT2D eigenvalue weighted by atomic mass is 10.2. The van der Waals surface area contributed by atoms with Crippen LogP contribution in [0.4, 0.5) is 5.82 Å². The fraction of sp³-hybridized carbons (Fsp3) is 0.600. The number of nitrogens with two attached hydrogens (primary N) is 1. The zero-order valence-electron chi connectivity index (χ0n) is 13.0. The highest BCUT2D eigenvalue weighted by Gasteiger charge is 2.13. The molecule has 0 aromatic carbocycles. The van der Waals surface area contributed by atoms with E-state index in [1.54, 1.807) is 0 Å². The summed E-state index contributed by atoms with van der Waals surface area (Å²) in [4.78, 5) is 13.3. The summed E-state index contributed by atoms with van der Waals surface area (Å²) in [5, 5.41) is 0. The SMILES string of the molecule is CCN(CC)C(N)=NCc1ccnc(N2CCCC2)c1.I. The van der Waals surface area contributed by atoms with Crippen molar-refractivity contribution in [3.05, 3.63) is 23.9 Å². The molecule has 0 radical (unpaired) electrons. The van der Waals surface area contributed by atoms with Crippen LogP contribution in [0.15, 0.2) is 23.3 Å². The predicted octanol–water partition coefficient (Wildman–Crippen LogP) is 2.46. The predicted molar refractivity (Wildman–Crippen MR) is 99.3 cm³/mol. The van der Waals surface area contributed by atoms with Gasteiger partial charge >= 0.3 is 0 Å². The molecule has 6 heteroatoms. The maximum absolute atomic E-state index is 6.00. The van der Waals surface area contributed by atoms with Crippen LogP contribution in [-0.2, 0) is 6.54 Å². The van der Waals surface area contributed by atoms with Crippen LogP contribution in [-0.4, -0.2) is 42.0 Å². The van der Waals surface area contributed by atoms with E-state index >= 15 is 0 Å². The molecular weight excluding hydrogens is 377 g/mol. The molecule has 0 saturated carbocycles. The van der Waals surface area contributed by atoms with E-state index < -0.39 is 0 Å². The average Bonchev–Trinajstić information content (AvgIpc) is 3.01. The van der Waals surface area contributed by atoms with E-state index in [4.69, 9.17) is 5.73 Å². The summed E-state index contributed by atoms with van der Waals surface area (Å²) >= 11 is 0. The van der Waals surface area contributed by atoms with Crippen LogP contribution >= 0.6 is 24.0 Å². The Hall–Kier alpha value is -1.05. The van der Waals surface area contributed by atoms with Crippen molar-refractivity contribution in [2.45, 2.75) is 33.2 Å². The van der Waals surface area contributed by atoms with Gasteiger partial charge in [0.25, 0.3) is 0 Å². The Morgan fingerprint density at radius 3 is 2.62 bits per heavy atom. The van der Waals surface area contributed by atoms with Crippen molar-refractivity contribution in [2.24, 2.45) is 10.7 Å². The fourth-order valence-corrected chi connectivity index (χ4v) is 2.50. The number of rotatable bonds is 5. The number of anilines is 1. The van der Waals surface area contributed by atoms with Gasteiger partial charge in [-0.1, -0.05) is 0 Å². The molecule has 0 unspecified atom stereocenters. The third-order valence-corrected chi connectivity index (χ3v) is 3.75. The Morgan fingerprint density at radius 2 is 2.00 bits per heavy atom. The number of guanidine groups is 1. The molecule has 1 fully saturated rings. The summed E-state index contributed by atoms with van der Waals surface area (Å²) < 4.78 is 0. The van der Waals surface area contributed by atoms with Crippen LogP contribution in [0.2, 0.25) is 0 Å². The van der Waals surface area contributed by atoms with E-state index in [2.05, 4.69) is 39.7 Å². The number of aromatic nitrogens is 1. The van der Waals surface area contributed by atoms with Crippen LogP contribution in [0.1, 0.15) is 32.3 Å². The highest BCUT2D eigenvalue weighted by molar-refractivity contribution is 14.0. The van der Waals surface area contributed by atoms with Gasteiger partial charge in [-0.15, -0.1) is 24.0 Å². The van der Waals surface area contributed by atoms with Gasteiger partial charge in [-0.3, -0.25) is 0 Å². The Labute approximate surface area is 144 Å². The average molecular weight is 403 g/mol. The second-order valence-corrected chi connectivity index (χ2v) is 5.06. The third kappa shape index (κ3) is 5.01. The smallest absolute Gasteiger partial charge is 0.191 e. The number of nitrogens with zero attached hydrogens (tertiary/aromatic N) is 4. The van der Waals surface area contributed by atoms with Crippen molar-refractivity contribution in [3.63, 3.8) is 0 Å². The fourth-order valence-electron chi connectivity index (χ4n) is 2.50. The first-order valence-corrected chi connectivity index (χ1v) is 7.49. The molecule has 1 aliphatic rings. The van der Waals surface area contributed by atoms with Crippen molar-refractivity contribution in [1.29, 1.82) is 0 Å². The molecule has 2 rings (SSSR count). The van der Waals surface area contributed by atoms with E-state index in [1.807, 2.05) is 12.3 Å². The summed E-state index contributed by atoms with van der Waals surface area (Å²) in [6.07, 6.45) is 4.39. The van der Waals surface area contributed by atoms with Gasteiger partial charge in [0.1, 0.15) is 5.82 Å². The molecule has 1 aromatic rings. The number of hydrogen-bond donors (Lipinski definition) is 1. The summed E-state index contributed by atoms with van der Waals surface area (Å²) in [7, 11) is 0. The normalized spacial score (nSPS) is 15.0. The largest absolute Gasteiger partial charge is 0.370 e. The van der Waals surface area contributed by atoms with Crippen molar-refractivity contribution < 1.29 is 0 Å². The highest BCUT2D eigenvalue weighted by Crippen LogP contribution is 2.18. The van der Waals surface area contributed by atoms with Crippen LogP contribution < -0.4 is 10.6 Å². The van der Waals surface area contributed by atoms with Gasteiger partial charge in [0.2, 0.25) is 0 Å². The lowest BCUT2D eigenvalue weighted by molar-refractivity contribution is 0.458. The minimum absolute atomic E-state index is 0. The van der Waals surface area contributed by atoms with Crippen molar-refractivity contribution >= 4 is 35.8 Å². The molecule has 0 amide bonds. The molecule has 0 bridgehead atoms. The minimum atomic E-state index is 0. The summed E-state index contributed by atoms with van der Waals surface area (Å²) in [5.41, 5.74) is 7.16. The molecule has 118 valence electrons. The zero-order valence-corrected chi connectivity index (χ0v) is 15.3. The van der Waals surface area contributed by atoms with Gasteiger partial charge in [0.05, 0.1) is 6.54 Å². The monoisotopic (exact) mass is 403 g/mol. The summed E-state index contributed by atoms with van der Waals surface area (Å²) in [5.74, 6) is 1.69. The molecule has 1 aromatic heterocycles. The highest BCUT2D eigenvalue weighted by atomic mass is 127. The lowest BCUT2D eigenvalue weighted by Gasteiger charge is -2.19. The maximum Gasteiger partial charge on any atom is 0.191 e. The van der Waals surface area contributed by atoms with Crippen LogP contribution in [0.5, 0.6) is 0 Å². The summed E-state index contributed by atoms with van der Waals surface area (Å²) in [6, 6.07) is 4.14. The number of aliphatic imine (C=N–C) groups is 1. The zero-order chi connectivity index (χ0) is 14.4. The number of pyridine rings is 1. The topological polar surface area (TPSA) is 57.8 Å². The van der Waals surface area contributed by atoms with Crippen molar-refractivity contribution in [3.8, 4) is 0 Å². The quantitative estimate of drug-likeness (QED) is 0.466. The standard InChI is InChI=1S/C15H25N5.HI/c1-3-19(4-2)15(16)18-12-13-7-8-17-14(11-13)20-9-5-6-10-20;/h7-8,11H,3-6,9-10,12H2,1-2H3,(H2,16,18);1H. The molecule has 21 heavy (non-hydrogen) atoms. The van der Waals surface area contributed by atoms with Gasteiger partial charge in [-0.25, -0.2) is 9.98 Å². The second kappa shape index (κ2) is 9.07. The molecule has 1 saturated heterocycles.